The summed E-state index contributed by atoms with van der Waals surface area (Å²) >= 11 is 0. The van der Waals surface area contributed by atoms with Crippen LogP contribution >= 0.6 is 0 Å². The van der Waals surface area contributed by atoms with Gasteiger partial charge in [-0.15, -0.1) is 10.2 Å². The first-order chi connectivity index (χ1) is 33.3. The summed E-state index contributed by atoms with van der Waals surface area (Å²) < 4.78 is 139. The molecule has 8 rings (SSSR count). The normalized spacial score (nSPS) is 15.6. The van der Waals surface area contributed by atoms with Gasteiger partial charge in [0.15, 0.2) is 5.66 Å². The number of phenols is 1. The van der Waals surface area contributed by atoms with E-state index in [1.807, 2.05) is 0 Å². The zero-order valence-corrected chi connectivity index (χ0v) is 39.2. The Kier molecular flexibility index (Phi) is 12.9. The molecule has 1 atom stereocenters. The molecule has 0 spiro atoms. The Morgan fingerprint density at radius 3 is 1.85 bits per heavy atom. The molecule has 7 aromatic carbocycles. The number of nitrogens with zero attached hydrogens (tertiary/aromatic N) is 6. The first-order valence-corrected chi connectivity index (χ1v) is 25.9. The minimum atomic E-state index is -5.09. The highest BCUT2D eigenvalue weighted by molar-refractivity contribution is 7.90. The molecule has 1 aliphatic rings. The fourth-order valence-electron chi connectivity index (χ4n) is 7.51. The van der Waals surface area contributed by atoms with Gasteiger partial charge in [-0.05, 0) is 89.3 Å². The van der Waals surface area contributed by atoms with E-state index in [0.29, 0.717) is 16.5 Å². The quantitative estimate of drug-likeness (QED) is 0.0295. The number of anilines is 4. The van der Waals surface area contributed by atoms with Crippen LogP contribution in [0.1, 0.15) is 17.5 Å². The van der Waals surface area contributed by atoms with Gasteiger partial charge in [-0.3, -0.25) is 18.2 Å². The summed E-state index contributed by atoms with van der Waals surface area (Å²) in [7, 11) is -19.7. The molecular weight excluding hydrogens is 1000 g/mol. The lowest BCUT2D eigenvalue weighted by molar-refractivity contribution is 0.394. The molecule has 0 saturated heterocycles. The van der Waals surface area contributed by atoms with Crippen LogP contribution in [0.15, 0.2) is 178 Å². The van der Waals surface area contributed by atoms with Crippen LogP contribution in [0.3, 0.4) is 0 Å². The highest BCUT2D eigenvalue weighted by Crippen LogP contribution is 2.50. The molecule has 7 aromatic rings. The van der Waals surface area contributed by atoms with E-state index in [1.165, 1.54) is 66.7 Å². The van der Waals surface area contributed by atoms with Crippen molar-refractivity contribution in [2.75, 3.05) is 16.8 Å². The second kappa shape index (κ2) is 18.5. The predicted octanol–water partition coefficient (Wildman–Crippen LogP) is 9.22. The van der Waals surface area contributed by atoms with Crippen LogP contribution in [0, 0.1) is 0 Å². The van der Waals surface area contributed by atoms with Crippen LogP contribution in [-0.2, 0) is 46.1 Å². The van der Waals surface area contributed by atoms with Gasteiger partial charge in [0, 0.05) is 28.6 Å². The van der Waals surface area contributed by atoms with Crippen LogP contribution < -0.4 is 22.5 Å². The molecule has 0 aliphatic heterocycles. The molecule has 1 unspecified atom stereocenters. The predicted molar refractivity (Wildman–Crippen MR) is 261 cm³/mol. The van der Waals surface area contributed by atoms with Crippen molar-refractivity contribution < 1.29 is 57.0 Å². The number of nitrogen functional groups attached to an aromatic ring is 2. The van der Waals surface area contributed by atoms with Crippen molar-refractivity contribution in [2.24, 2.45) is 36.4 Å². The highest BCUT2D eigenvalue weighted by Gasteiger charge is 2.42. The average Bonchev–Trinajstić information content (AvgIpc) is 3.29. The number of nitrogens with two attached hydrogens (primary N) is 3. The summed E-state index contributed by atoms with van der Waals surface area (Å²) in [6, 6.07) is 30.0. The third-order valence-electron chi connectivity index (χ3n) is 10.7. The maximum Gasteiger partial charge on any atom is 0.296 e. The van der Waals surface area contributed by atoms with Gasteiger partial charge in [0.1, 0.15) is 37.5 Å². The third-order valence-corrected chi connectivity index (χ3v) is 14.3. The summed E-state index contributed by atoms with van der Waals surface area (Å²) in [5.41, 5.74) is 15.1. The number of azo groups is 3. The average molecular weight is 1040 g/mol. The minimum Gasteiger partial charge on any atom is -0.507 e. The first-order valence-electron chi connectivity index (χ1n) is 20.1. The Balaban J connectivity index is 1.14. The molecule has 0 aromatic heterocycles. The van der Waals surface area contributed by atoms with E-state index in [0.717, 1.165) is 30.3 Å². The smallest absolute Gasteiger partial charge is 0.296 e. The van der Waals surface area contributed by atoms with Gasteiger partial charge in [0.2, 0.25) is 0 Å². The van der Waals surface area contributed by atoms with Crippen molar-refractivity contribution in [2.45, 2.75) is 26.8 Å². The number of hydrogen-bond donors (Lipinski definition) is 9. The van der Waals surface area contributed by atoms with Crippen molar-refractivity contribution in [3.05, 3.63) is 143 Å². The second-order valence-corrected chi connectivity index (χ2v) is 21.2. The van der Waals surface area contributed by atoms with Crippen molar-refractivity contribution in [3.8, 4) is 16.9 Å². The number of benzene rings is 7. The molecule has 0 amide bonds. The maximum atomic E-state index is 12.7. The number of aromatic hydroxyl groups is 1. The third kappa shape index (κ3) is 10.5. The minimum absolute atomic E-state index is 0.000607. The summed E-state index contributed by atoms with van der Waals surface area (Å²) in [5, 5.41) is 40.9. The van der Waals surface area contributed by atoms with Crippen molar-refractivity contribution in [1.82, 2.24) is 0 Å². The summed E-state index contributed by atoms with van der Waals surface area (Å²) in [4.78, 5) is -2.76. The van der Waals surface area contributed by atoms with Crippen molar-refractivity contribution >= 4 is 109 Å². The van der Waals surface area contributed by atoms with Gasteiger partial charge < -0.3 is 27.6 Å². The Bertz CT molecular complexity index is 3930. The number of nitrogens with one attached hydrogen (secondary N) is 1. The molecular formula is C44H36N10O13S4. The van der Waals surface area contributed by atoms with Gasteiger partial charge in [0.25, 0.3) is 40.5 Å². The molecule has 1 aliphatic carbocycles. The second-order valence-electron chi connectivity index (χ2n) is 15.6. The number of hydrogen-bond acceptors (Lipinski definition) is 19. The fraction of sp³-hybridized carbons (Fsp3) is 0.0455. The number of fused-ring (bicyclic) bond motifs is 2. The Morgan fingerprint density at radius 2 is 1.18 bits per heavy atom. The summed E-state index contributed by atoms with van der Waals surface area (Å²) in [5.74, 6) is -0.792. The molecule has 0 bridgehead atoms. The van der Waals surface area contributed by atoms with Crippen LogP contribution in [0.4, 0.5) is 51.2 Å². The Labute approximate surface area is 403 Å². The summed E-state index contributed by atoms with van der Waals surface area (Å²) in [6.07, 6.45) is 0.0856. The van der Waals surface area contributed by atoms with Crippen LogP contribution in [0.5, 0.6) is 5.75 Å². The van der Waals surface area contributed by atoms with Gasteiger partial charge in [0.05, 0.1) is 33.3 Å². The van der Waals surface area contributed by atoms with E-state index in [9.17, 15) is 57.0 Å². The molecule has 0 saturated carbocycles. The lowest BCUT2D eigenvalue weighted by Gasteiger charge is -2.32. The maximum absolute atomic E-state index is 12.7. The highest BCUT2D eigenvalue weighted by atomic mass is 32.2. The van der Waals surface area contributed by atoms with Crippen molar-refractivity contribution in [1.29, 1.82) is 0 Å². The molecule has 0 heterocycles. The molecule has 364 valence electrons. The molecule has 23 nitrogen and oxygen atoms in total. The first kappa shape index (κ1) is 49.6. The lowest BCUT2D eigenvalue weighted by Crippen LogP contribution is -2.38. The molecule has 27 heteroatoms. The number of rotatable bonds is 13. The molecule has 0 fully saturated rings. The van der Waals surface area contributed by atoms with Gasteiger partial charge in [-0.25, -0.2) is 0 Å². The van der Waals surface area contributed by atoms with Gasteiger partial charge in [-0.2, -0.15) is 54.1 Å². The molecule has 12 N–H and O–H groups in total. The zero-order valence-electron chi connectivity index (χ0n) is 36.0. The Hall–Kier alpha value is -7.86. The number of phenolic OH excluding ortho intramolecular Hbond substituents is 1. The molecule has 71 heavy (non-hydrogen) atoms. The van der Waals surface area contributed by atoms with E-state index >= 15 is 0 Å². The SMILES string of the molecule is Nc1cc(N)c(S(=O)(=O)O)cc1N=Nc1ccc(Nc2ccc(N=Nc3ccc4ccccc4c3N=NC3(N)CC(S(=O)(=O)O)=Cc4cc(S(=O)(=O)O)c(-c5ccccc5)c(O)c43)cc2S(=O)(=O)O)cc1. The molecule has 0 radical (unpaired) electrons. The van der Waals surface area contributed by atoms with E-state index in [4.69, 9.17) is 17.2 Å². The van der Waals surface area contributed by atoms with Crippen LogP contribution in [-0.4, -0.2) is 57.0 Å². The lowest BCUT2D eigenvalue weighted by atomic mass is 9.84. The Morgan fingerprint density at radius 1 is 0.563 bits per heavy atom. The summed E-state index contributed by atoms with van der Waals surface area (Å²) in [6.45, 7) is 0. The van der Waals surface area contributed by atoms with Crippen LogP contribution in [0.25, 0.3) is 28.0 Å². The van der Waals surface area contributed by atoms with E-state index in [-0.39, 0.29) is 67.8 Å². The standard InChI is InChI=1S/C44H36N10O13S4/c45-32-21-33(46)37(69(59,60)61)22-36(32)52-49-28-13-11-27(12-14-28)48-34-17-15-29(20-38(34)70(62,63)64)50-51-35-16-10-24-6-4-5-9-31(24)42(35)53-54-44(47)23-30(68(56,57)58)18-26-19-39(71(65,66)67)40(43(55)41(26)44)25-7-2-1-3-8-25/h1-22,48,55H,23,45-47H2,(H,56,57,58)(H,59,60,61)(H,62,63,64)(H,65,66,67). The van der Waals surface area contributed by atoms with Gasteiger partial charge >= 0.3 is 0 Å². The van der Waals surface area contributed by atoms with E-state index < -0.39 is 77.9 Å². The van der Waals surface area contributed by atoms with Crippen molar-refractivity contribution in [3.63, 3.8) is 0 Å². The zero-order chi connectivity index (χ0) is 51.3. The van der Waals surface area contributed by atoms with Gasteiger partial charge in [-0.1, -0.05) is 60.7 Å². The van der Waals surface area contributed by atoms with E-state index in [2.05, 4.69) is 36.0 Å². The van der Waals surface area contributed by atoms with Crippen LogP contribution in [0.2, 0.25) is 0 Å². The largest absolute Gasteiger partial charge is 0.507 e. The van der Waals surface area contributed by atoms with E-state index in [1.54, 1.807) is 36.4 Å². The monoisotopic (exact) mass is 1040 g/mol. The topological polar surface area (TPSA) is 402 Å². The fourth-order valence-corrected chi connectivity index (χ4v) is 10.2.